The second-order valence-electron chi connectivity index (χ2n) is 8.08. The number of amidine groups is 1. The minimum atomic E-state index is -0.999. The summed E-state index contributed by atoms with van der Waals surface area (Å²) in [6.07, 6.45) is 1.79. The molecule has 4 rings (SSSR count). The molecule has 0 bridgehead atoms. The van der Waals surface area contributed by atoms with E-state index in [1.165, 1.54) is 24.9 Å². The lowest BCUT2D eigenvalue weighted by molar-refractivity contribution is -0.122. The monoisotopic (exact) mass is 596 g/mol. The van der Waals surface area contributed by atoms with Gasteiger partial charge in [0.2, 0.25) is 0 Å². The molecule has 10 heteroatoms. The van der Waals surface area contributed by atoms with Crippen LogP contribution in [0.1, 0.15) is 28.4 Å². The van der Waals surface area contributed by atoms with Crippen molar-refractivity contribution in [2.45, 2.75) is 13.5 Å². The number of aromatic carboxylic acids is 1. The average Bonchev–Trinajstić information content (AvgIpc) is 3.21. The number of benzene rings is 3. The van der Waals surface area contributed by atoms with Gasteiger partial charge < -0.3 is 19.3 Å². The average molecular weight is 597 g/mol. The van der Waals surface area contributed by atoms with Crippen LogP contribution in [0.3, 0.4) is 0 Å². The van der Waals surface area contributed by atoms with Gasteiger partial charge in [0.25, 0.3) is 5.91 Å². The Kier molecular flexibility index (Phi) is 8.75. The molecule has 0 atom stereocenters. The molecule has 1 aliphatic rings. The third-order valence-corrected chi connectivity index (χ3v) is 7.20. The van der Waals surface area contributed by atoms with Crippen LogP contribution in [0.25, 0.3) is 6.08 Å². The van der Waals surface area contributed by atoms with E-state index in [1.54, 1.807) is 42.4 Å². The van der Waals surface area contributed by atoms with Crippen LogP contribution in [0, 0.1) is 0 Å². The van der Waals surface area contributed by atoms with E-state index < -0.39 is 5.97 Å². The van der Waals surface area contributed by atoms with E-state index in [1.807, 2.05) is 37.3 Å². The highest BCUT2D eigenvalue weighted by Crippen LogP contribution is 2.40. The van der Waals surface area contributed by atoms with Crippen LogP contribution in [-0.4, -0.2) is 47.8 Å². The highest BCUT2D eigenvalue weighted by Gasteiger charge is 2.32. The van der Waals surface area contributed by atoms with Crippen molar-refractivity contribution in [2.75, 3.05) is 20.8 Å². The number of ether oxygens (including phenoxy) is 3. The first-order chi connectivity index (χ1) is 18.3. The first kappa shape index (κ1) is 27.3. The van der Waals surface area contributed by atoms with Gasteiger partial charge in [0.1, 0.15) is 12.4 Å². The van der Waals surface area contributed by atoms with E-state index >= 15 is 0 Å². The number of amides is 1. The Hall–Kier alpha value is -3.76. The van der Waals surface area contributed by atoms with Crippen molar-refractivity contribution in [1.29, 1.82) is 0 Å². The highest BCUT2D eigenvalue weighted by molar-refractivity contribution is 9.10. The van der Waals surface area contributed by atoms with Crippen LogP contribution >= 0.6 is 27.7 Å². The topological polar surface area (TPSA) is 97.7 Å². The van der Waals surface area contributed by atoms with Gasteiger partial charge in [-0.2, -0.15) is 0 Å². The van der Waals surface area contributed by atoms with Crippen molar-refractivity contribution in [3.8, 4) is 17.2 Å². The highest BCUT2D eigenvalue weighted by atomic mass is 79.9. The van der Waals surface area contributed by atoms with Crippen LogP contribution in [0.2, 0.25) is 0 Å². The summed E-state index contributed by atoms with van der Waals surface area (Å²) >= 11 is 4.85. The van der Waals surface area contributed by atoms with E-state index in [4.69, 9.17) is 14.2 Å². The molecular weight excluding hydrogens is 572 g/mol. The molecule has 3 aromatic rings. The molecule has 0 radical (unpaired) electrons. The number of hydrogen-bond acceptors (Lipinski definition) is 7. The molecule has 1 saturated heterocycles. The summed E-state index contributed by atoms with van der Waals surface area (Å²) in [7, 11) is 3.14. The molecule has 0 saturated carbocycles. The number of aliphatic imine (C=N–C) groups is 1. The molecule has 38 heavy (non-hydrogen) atoms. The fourth-order valence-electron chi connectivity index (χ4n) is 3.70. The van der Waals surface area contributed by atoms with E-state index in [0.29, 0.717) is 38.2 Å². The van der Waals surface area contributed by atoms with E-state index in [-0.39, 0.29) is 18.1 Å². The zero-order valence-electron chi connectivity index (χ0n) is 20.9. The summed E-state index contributed by atoms with van der Waals surface area (Å²) in [4.78, 5) is 31.2. The Bertz CT molecular complexity index is 1420. The standard InChI is InChI=1S/C28H25BrN2O6S/c1-4-31-26(32)24(38-28(31)30-20-8-10-21(35-2)11-9-20)15-18-13-22(29)25(23(14-18)36-3)37-16-17-6-5-7-19(12-17)27(33)34/h5-15H,4,16H2,1-3H3,(H,33,34)/b24-15+,30-28?. The molecule has 1 aliphatic heterocycles. The smallest absolute Gasteiger partial charge is 0.335 e. The molecule has 0 spiro atoms. The second-order valence-corrected chi connectivity index (χ2v) is 9.94. The SMILES string of the molecule is CCN1C(=O)/C(=C\c2cc(Br)c(OCc3cccc(C(=O)O)c3)c(OC)c2)SC1=Nc1ccc(OC)cc1. The van der Waals surface area contributed by atoms with E-state index in [0.717, 1.165) is 17.0 Å². The number of hydrogen-bond donors (Lipinski definition) is 1. The van der Waals surface area contributed by atoms with Crippen molar-refractivity contribution in [3.63, 3.8) is 0 Å². The lowest BCUT2D eigenvalue weighted by Gasteiger charge is -2.14. The first-order valence-electron chi connectivity index (χ1n) is 11.6. The van der Waals surface area contributed by atoms with E-state index in [9.17, 15) is 14.7 Å². The lowest BCUT2D eigenvalue weighted by atomic mass is 10.1. The Morgan fingerprint density at radius 2 is 1.87 bits per heavy atom. The third-order valence-electron chi connectivity index (χ3n) is 5.61. The summed E-state index contributed by atoms with van der Waals surface area (Å²) in [5, 5.41) is 9.81. The minimum absolute atomic E-state index is 0.126. The molecule has 3 aromatic carbocycles. The van der Waals surface area contributed by atoms with Gasteiger partial charge in [0.05, 0.1) is 34.8 Å². The van der Waals surface area contributed by atoms with Gasteiger partial charge in [-0.3, -0.25) is 9.69 Å². The summed E-state index contributed by atoms with van der Waals surface area (Å²) in [5.74, 6) is 0.547. The van der Waals surface area contributed by atoms with Crippen molar-refractivity contribution >= 4 is 56.5 Å². The molecule has 0 unspecified atom stereocenters. The van der Waals surface area contributed by atoms with Gasteiger partial charge in [-0.1, -0.05) is 12.1 Å². The predicted octanol–water partition coefficient (Wildman–Crippen LogP) is 6.37. The molecular formula is C28H25BrN2O6S. The number of nitrogens with zero attached hydrogens (tertiary/aromatic N) is 2. The molecule has 1 fully saturated rings. The predicted molar refractivity (Wildman–Crippen MR) is 151 cm³/mol. The van der Waals surface area contributed by atoms with Crippen LogP contribution in [0.5, 0.6) is 17.2 Å². The second kappa shape index (κ2) is 12.2. The number of carbonyl (C=O) groups excluding carboxylic acids is 1. The molecule has 0 aromatic heterocycles. The number of carboxylic acid groups (broad SMARTS) is 1. The number of likely N-dealkylation sites (N-methyl/N-ethyl adjacent to an activating group) is 1. The van der Waals surface area contributed by atoms with Crippen LogP contribution in [0.15, 0.2) is 75.0 Å². The lowest BCUT2D eigenvalue weighted by Crippen LogP contribution is -2.28. The number of halogens is 1. The number of carboxylic acids is 1. The van der Waals surface area contributed by atoms with Crippen molar-refractivity contribution in [1.82, 2.24) is 4.90 Å². The molecule has 1 amide bonds. The minimum Gasteiger partial charge on any atom is -0.497 e. The summed E-state index contributed by atoms with van der Waals surface area (Å²) in [5.41, 5.74) is 2.36. The van der Waals surface area contributed by atoms with Crippen molar-refractivity contribution in [3.05, 3.63) is 86.7 Å². The van der Waals surface area contributed by atoms with Gasteiger partial charge in [0, 0.05) is 6.54 Å². The maximum Gasteiger partial charge on any atom is 0.335 e. The molecule has 196 valence electrons. The Balaban J connectivity index is 1.57. The Morgan fingerprint density at radius 1 is 1.11 bits per heavy atom. The number of methoxy groups -OCH3 is 2. The molecule has 0 aliphatic carbocycles. The fraction of sp³-hybridized carbons (Fsp3) is 0.179. The number of carbonyl (C=O) groups is 2. The van der Waals surface area contributed by atoms with Gasteiger partial charge in [-0.15, -0.1) is 0 Å². The maximum absolute atomic E-state index is 13.1. The number of thioether (sulfide) groups is 1. The Labute approximate surface area is 233 Å². The summed E-state index contributed by atoms with van der Waals surface area (Å²) in [6, 6.07) is 17.5. The summed E-state index contributed by atoms with van der Waals surface area (Å²) < 4.78 is 17.4. The zero-order chi connectivity index (χ0) is 27.2. The molecule has 8 nitrogen and oxygen atoms in total. The quantitative estimate of drug-likeness (QED) is 0.287. The van der Waals surface area contributed by atoms with Crippen molar-refractivity contribution < 1.29 is 28.9 Å². The first-order valence-corrected chi connectivity index (χ1v) is 13.2. The van der Waals surface area contributed by atoms with Gasteiger partial charge in [-0.25, -0.2) is 9.79 Å². The van der Waals surface area contributed by atoms with Gasteiger partial charge in [-0.05, 0) is 100 Å². The fourth-order valence-corrected chi connectivity index (χ4v) is 5.34. The van der Waals surface area contributed by atoms with Crippen LogP contribution in [0.4, 0.5) is 5.69 Å². The number of rotatable bonds is 9. The summed E-state index contributed by atoms with van der Waals surface area (Å²) in [6.45, 7) is 2.55. The maximum atomic E-state index is 13.1. The largest absolute Gasteiger partial charge is 0.497 e. The molecule has 1 N–H and O–H groups in total. The van der Waals surface area contributed by atoms with Crippen LogP contribution in [-0.2, 0) is 11.4 Å². The van der Waals surface area contributed by atoms with E-state index in [2.05, 4.69) is 20.9 Å². The van der Waals surface area contributed by atoms with Crippen LogP contribution < -0.4 is 14.2 Å². The Morgan fingerprint density at radius 3 is 2.53 bits per heavy atom. The van der Waals surface area contributed by atoms with Crippen molar-refractivity contribution in [2.24, 2.45) is 4.99 Å². The normalized spacial score (nSPS) is 15.3. The zero-order valence-corrected chi connectivity index (χ0v) is 23.3. The third kappa shape index (κ3) is 6.20. The van der Waals surface area contributed by atoms with Gasteiger partial charge >= 0.3 is 5.97 Å². The van der Waals surface area contributed by atoms with Gasteiger partial charge in [0.15, 0.2) is 16.7 Å². The molecule has 1 heterocycles.